The Kier molecular flexibility index (Phi) is 4.57. The number of fused-ring (bicyclic) bond motifs is 1. The number of anilines is 1. The third kappa shape index (κ3) is 3.33. The zero-order chi connectivity index (χ0) is 17.2. The predicted molar refractivity (Wildman–Crippen MR) is 102 cm³/mol. The van der Waals surface area contributed by atoms with Crippen molar-refractivity contribution in [2.75, 3.05) is 44.2 Å². The van der Waals surface area contributed by atoms with Crippen LogP contribution < -0.4 is 4.90 Å². The van der Waals surface area contributed by atoms with Gasteiger partial charge in [0.2, 0.25) is 0 Å². The Morgan fingerprint density at radius 3 is 2.52 bits per heavy atom. The molecule has 4 rings (SSSR count). The molecule has 0 radical (unpaired) electrons. The molecule has 0 atom stereocenters. The molecule has 0 amide bonds. The molecule has 3 heterocycles. The third-order valence-corrected chi connectivity index (χ3v) is 5.55. The number of aromatic hydroxyl groups is 1. The second-order valence-corrected chi connectivity index (χ2v) is 7.21. The first-order valence-electron chi connectivity index (χ1n) is 8.50. The lowest BCUT2D eigenvalue weighted by Crippen LogP contribution is -2.47. The number of piperazine rings is 1. The number of aromatic nitrogens is 1. The van der Waals surface area contributed by atoms with Gasteiger partial charge in [-0.05, 0) is 41.8 Å². The summed E-state index contributed by atoms with van der Waals surface area (Å²) in [7, 11) is 0. The van der Waals surface area contributed by atoms with E-state index in [1.54, 1.807) is 23.5 Å². The van der Waals surface area contributed by atoms with Crippen LogP contribution in [0.2, 0.25) is 0 Å². The Balaban J connectivity index is 1.68. The van der Waals surface area contributed by atoms with Gasteiger partial charge in [-0.25, -0.2) is 4.98 Å². The second-order valence-electron chi connectivity index (χ2n) is 6.26. The maximum absolute atomic E-state index is 9.52. The highest BCUT2D eigenvalue weighted by atomic mass is 32.1. The van der Waals surface area contributed by atoms with Crippen molar-refractivity contribution in [2.24, 2.45) is 0 Å². The van der Waals surface area contributed by atoms with Crippen molar-refractivity contribution < 1.29 is 10.2 Å². The Bertz CT molecular complexity index is 855. The van der Waals surface area contributed by atoms with Crippen molar-refractivity contribution in [3.8, 4) is 17.0 Å². The number of benzene rings is 1. The van der Waals surface area contributed by atoms with Crippen molar-refractivity contribution >= 4 is 27.2 Å². The molecule has 5 nitrogen and oxygen atoms in total. The van der Waals surface area contributed by atoms with E-state index in [1.165, 1.54) is 10.1 Å². The van der Waals surface area contributed by atoms with Crippen molar-refractivity contribution in [2.45, 2.75) is 0 Å². The summed E-state index contributed by atoms with van der Waals surface area (Å²) in [4.78, 5) is 9.57. The molecule has 1 aliphatic heterocycles. The Morgan fingerprint density at radius 2 is 1.80 bits per heavy atom. The average molecular weight is 355 g/mol. The van der Waals surface area contributed by atoms with E-state index in [4.69, 9.17) is 10.1 Å². The molecule has 0 bridgehead atoms. The van der Waals surface area contributed by atoms with Gasteiger partial charge >= 0.3 is 0 Å². The molecule has 2 N–H and O–H groups in total. The molecule has 0 spiro atoms. The molecular formula is C19H21N3O2S. The summed E-state index contributed by atoms with van der Waals surface area (Å²) in [5.74, 6) is 1.30. The van der Waals surface area contributed by atoms with Gasteiger partial charge in [0.05, 0.1) is 12.3 Å². The summed E-state index contributed by atoms with van der Waals surface area (Å²) >= 11 is 1.73. The molecule has 2 aromatic heterocycles. The lowest BCUT2D eigenvalue weighted by Gasteiger charge is -2.35. The van der Waals surface area contributed by atoms with Crippen molar-refractivity contribution in [1.29, 1.82) is 0 Å². The lowest BCUT2D eigenvalue weighted by molar-refractivity contribution is 0.188. The molecule has 0 unspecified atom stereocenters. The first-order chi connectivity index (χ1) is 12.2. The summed E-state index contributed by atoms with van der Waals surface area (Å²) in [6, 6.07) is 11.5. The fourth-order valence-corrected chi connectivity index (χ4v) is 4.11. The van der Waals surface area contributed by atoms with Crippen molar-refractivity contribution in [1.82, 2.24) is 9.88 Å². The highest BCUT2D eigenvalue weighted by Gasteiger charge is 2.20. The van der Waals surface area contributed by atoms with E-state index in [2.05, 4.69) is 27.3 Å². The van der Waals surface area contributed by atoms with Crippen molar-refractivity contribution in [3.63, 3.8) is 0 Å². The van der Waals surface area contributed by atoms with E-state index < -0.39 is 0 Å². The van der Waals surface area contributed by atoms with E-state index in [9.17, 15) is 5.11 Å². The first-order valence-corrected chi connectivity index (χ1v) is 9.38. The number of nitrogens with zero attached hydrogens (tertiary/aromatic N) is 3. The van der Waals surface area contributed by atoms with Crippen molar-refractivity contribution in [3.05, 3.63) is 41.8 Å². The molecule has 1 aliphatic rings. The minimum absolute atomic E-state index is 0.212. The van der Waals surface area contributed by atoms with E-state index >= 15 is 0 Å². The van der Waals surface area contributed by atoms with Gasteiger partial charge in [0.25, 0.3) is 0 Å². The smallest absolute Gasteiger partial charge is 0.138 e. The van der Waals surface area contributed by atoms with Crippen LogP contribution >= 0.6 is 11.3 Å². The second kappa shape index (κ2) is 7.00. The Morgan fingerprint density at radius 1 is 1.04 bits per heavy atom. The maximum atomic E-state index is 9.52. The van der Waals surface area contributed by atoms with Gasteiger partial charge in [0.1, 0.15) is 11.6 Å². The van der Waals surface area contributed by atoms with Gasteiger partial charge in [0.15, 0.2) is 0 Å². The van der Waals surface area contributed by atoms with Gasteiger partial charge in [-0.2, -0.15) is 0 Å². The molecule has 1 fully saturated rings. The third-order valence-electron chi connectivity index (χ3n) is 4.68. The summed E-state index contributed by atoms with van der Waals surface area (Å²) < 4.78 is 1.23. The van der Waals surface area contributed by atoms with Crippen LogP contribution in [-0.2, 0) is 0 Å². The number of phenols is 1. The van der Waals surface area contributed by atoms with Gasteiger partial charge in [-0.15, -0.1) is 11.3 Å². The monoisotopic (exact) mass is 355 g/mol. The van der Waals surface area contributed by atoms with Crippen LogP contribution in [0.4, 0.5) is 5.82 Å². The molecule has 1 aromatic carbocycles. The average Bonchev–Trinajstić information content (AvgIpc) is 3.11. The van der Waals surface area contributed by atoms with E-state index in [-0.39, 0.29) is 12.4 Å². The predicted octanol–water partition coefficient (Wildman–Crippen LogP) is 2.78. The number of aliphatic hydroxyl groups is 1. The summed E-state index contributed by atoms with van der Waals surface area (Å²) in [6.45, 7) is 4.66. The number of thiophene rings is 1. The van der Waals surface area contributed by atoms with Crippen LogP contribution in [0.15, 0.2) is 41.8 Å². The first kappa shape index (κ1) is 16.3. The number of rotatable bonds is 4. The zero-order valence-electron chi connectivity index (χ0n) is 13.9. The van der Waals surface area contributed by atoms with E-state index in [0.717, 1.165) is 49.8 Å². The molecule has 130 valence electrons. The number of phenolic OH excluding ortho intramolecular Hbond substituents is 1. The fraction of sp³-hybridized carbons (Fsp3) is 0.316. The van der Waals surface area contributed by atoms with Crippen LogP contribution in [0.1, 0.15) is 0 Å². The number of β-amino-alcohol motifs (C(OH)–C–C–N with tert-alkyl or cyclic N) is 1. The topological polar surface area (TPSA) is 59.8 Å². The normalized spacial score (nSPS) is 15.8. The molecule has 6 heteroatoms. The number of pyridine rings is 1. The quantitative estimate of drug-likeness (QED) is 0.754. The molecule has 0 aliphatic carbocycles. The van der Waals surface area contributed by atoms with Crippen LogP contribution in [0, 0.1) is 0 Å². The molecule has 0 saturated carbocycles. The van der Waals surface area contributed by atoms with Gasteiger partial charge in [0, 0.05) is 48.4 Å². The van der Waals surface area contributed by atoms with Gasteiger partial charge < -0.3 is 15.1 Å². The Hall–Kier alpha value is -2.15. The fourth-order valence-electron chi connectivity index (χ4n) is 3.29. The molecule has 1 saturated heterocycles. The number of hydrogen-bond donors (Lipinski definition) is 2. The van der Waals surface area contributed by atoms with Crippen LogP contribution in [0.3, 0.4) is 0 Å². The SMILES string of the molecule is OCCN1CCN(c2nc(-c3ccc(O)cc3)cc3sccc23)CC1. The molecule has 3 aromatic rings. The number of hydrogen-bond acceptors (Lipinski definition) is 6. The zero-order valence-corrected chi connectivity index (χ0v) is 14.7. The Labute approximate surface area is 150 Å². The molecule has 25 heavy (non-hydrogen) atoms. The summed E-state index contributed by atoms with van der Waals surface area (Å²) in [5, 5.41) is 21.9. The van der Waals surface area contributed by atoms with Gasteiger partial charge in [-0.1, -0.05) is 0 Å². The van der Waals surface area contributed by atoms with E-state index in [0.29, 0.717) is 0 Å². The number of aliphatic hydroxyl groups excluding tert-OH is 1. The summed E-state index contributed by atoms with van der Waals surface area (Å²) in [6.07, 6.45) is 0. The van der Waals surface area contributed by atoms with Gasteiger partial charge in [-0.3, -0.25) is 4.90 Å². The van der Waals surface area contributed by atoms with E-state index in [1.807, 2.05) is 12.1 Å². The minimum Gasteiger partial charge on any atom is -0.508 e. The highest BCUT2D eigenvalue weighted by Crippen LogP contribution is 2.34. The van der Waals surface area contributed by atoms with Crippen LogP contribution in [0.5, 0.6) is 5.75 Å². The lowest BCUT2D eigenvalue weighted by atomic mass is 10.1. The minimum atomic E-state index is 0.212. The summed E-state index contributed by atoms with van der Waals surface area (Å²) in [5.41, 5.74) is 1.94. The standard InChI is InChI=1S/C19H21N3O2S/c23-11-10-21-6-8-22(9-7-21)19-16-5-12-25-18(16)13-17(20-19)14-1-3-15(24)4-2-14/h1-5,12-13,23-24H,6-11H2. The van der Waals surface area contributed by atoms with Crippen LogP contribution in [-0.4, -0.2) is 59.4 Å². The maximum Gasteiger partial charge on any atom is 0.138 e. The van der Waals surface area contributed by atoms with Crippen LogP contribution in [0.25, 0.3) is 21.3 Å². The highest BCUT2D eigenvalue weighted by molar-refractivity contribution is 7.17. The largest absolute Gasteiger partial charge is 0.508 e. The molecular weight excluding hydrogens is 334 g/mol.